The van der Waals surface area contributed by atoms with Crippen LogP contribution in [0.25, 0.3) is 0 Å². The van der Waals surface area contributed by atoms with Gasteiger partial charge < -0.3 is 10.4 Å². The van der Waals surface area contributed by atoms with E-state index in [-0.39, 0.29) is 22.3 Å². The number of fused-ring (bicyclic) bond motifs is 1. The molecular weight excluding hydrogens is 325 g/mol. The maximum atomic E-state index is 12.5. The standard InChI is InChI=1S/C22H25NO3/c1-21(2)11-12-22(3,4)18-13-16(9-10-17(18)21)23-19(24)14-5-7-15(8-6-14)20(25)26/h5-10,13H,11-12H2,1-4H3,(H,23,24)(H,25,26)/i20-1. The summed E-state index contributed by atoms with van der Waals surface area (Å²) < 4.78 is 0. The molecule has 0 spiro atoms. The molecule has 1 aliphatic rings. The van der Waals surface area contributed by atoms with Crippen molar-refractivity contribution in [2.24, 2.45) is 0 Å². The number of amides is 1. The Morgan fingerprint density at radius 3 is 1.96 bits per heavy atom. The van der Waals surface area contributed by atoms with E-state index in [2.05, 4.69) is 45.1 Å². The van der Waals surface area contributed by atoms with E-state index in [1.54, 1.807) is 0 Å². The van der Waals surface area contributed by atoms with Gasteiger partial charge in [-0.25, -0.2) is 4.79 Å². The molecule has 0 saturated heterocycles. The van der Waals surface area contributed by atoms with E-state index in [0.717, 1.165) is 18.5 Å². The summed E-state index contributed by atoms with van der Waals surface area (Å²) in [5.74, 6) is -1.24. The molecule has 0 radical (unpaired) electrons. The smallest absolute Gasteiger partial charge is 0.335 e. The Morgan fingerprint density at radius 1 is 0.846 bits per heavy atom. The van der Waals surface area contributed by atoms with Gasteiger partial charge in [-0.15, -0.1) is 0 Å². The largest absolute Gasteiger partial charge is 0.478 e. The number of carbonyl (C=O) groups excluding carboxylic acids is 1. The van der Waals surface area contributed by atoms with E-state index in [0.29, 0.717) is 5.56 Å². The minimum absolute atomic E-state index is 0.0781. The average Bonchev–Trinajstić information content (AvgIpc) is 2.59. The Bertz CT molecular complexity index is 863. The molecule has 0 unspecified atom stereocenters. The summed E-state index contributed by atoms with van der Waals surface area (Å²) in [5.41, 5.74) is 4.22. The molecule has 4 heteroatoms. The van der Waals surface area contributed by atoms with Gasteiger partial charge in [0.1, 0.15) is 0 Å². The van der Waals surface area contributed by atoms with Gasteiger partial charge in [0.05, 0.1) is 5.56 Å². The van der Waals surface area contributed by atoms with Crippen molar-refractivity contribution >= 4 is 17.6 Å². The molecule has 2 N–H and O–H groups in total. The Kier molecular flexibility index (Phi) is 4.39. The first-order valence-electron chi connectivity index (χ1n) is 8.90. The zero-order valence-corrected chi connectivity index (χ0v) is 15.7. The van der Waals surface area contributed by atoms with Gasteiger partial charge in [-0.2, -0.15) is 0 Å². The van der Waals surface area contributed by atoms with Crippen molar-refractivity contribution in [2.75, 3.05) is 5.32 Å². The van der Waals surface area contributed by atoms with Crippen molar-refractivity contribution in [1.29, 1.82) is 0 Å². The van der Waals surface area contributed by atoms with Gasteiger partial charge in [0.2, 0.25) is 0 Å². The van der Waals surface area contributed by atoms with Gasteiger partial charge in [0, 0.05) is 11.3 Å². The van der Waals surface area contributed by atoms with Gasteiger partial charge in [-0.05, 0) is 71.2 Å². The Labute approximate surface area is 154 Å². The molecule has 136 valence electrons. The highest BCUT2D eigenvalue weighted by Gasteiger charge is 2.37. The summed E-state index contributed by atoms with van der Waals surface area (Å²) in [4.78, 5) is 23.4. The predicted molar refractivity (Wildman–Crippen MR) is 103 cm³/mol. The highest BCUT2D eigenvalue weighted by Crippen LogP contribution is 2.46. The van der Waals surface area contributed by atoms with Crippen molar-refractivity contribution in [2.45, 2.75) is 51.4 Å². The minimum atomic E-state index is -1.00. The van der Waals surface area contributed by atoms with Crippen molar-refractivity contribution in [3.63, 3.8) is 0 Å². The molecule has 26 heavy (non-hydrogen) atoms. The number of benzene rings is 2. The van der Waals surface area contributed by atoms with E-state index in [1.807, 2.05) is 6.07 Å². The van der Waals surface area contributed by atoms with Gasteiger partial charge >= 0.3 is 5.97 Å². The molecule has 0 atom stereocenters. The number of nitrogens with one attached hydrogen (secondary N) is 1. The minimum Gasteiger partial charge on any atom is -0.478 e. The predicted octanol–water partition coefficient (Wildman–Crippen LogP) is 4.99. The van der Waals surface area contributed by atoms with E-state index >= 15 is 0 Å². The van der Waals surface area contributed by atoms with E-state index in [9.17, 15) is 9.59 Å². The average molecular weight is 350 g/mol. The Morgan fingerprint density at radius 2 is 1.38 bits per heavy atom. The molecule has 0 fully saturated rings. The quantitative estimate of drug-likeness (QED) is 0.820. The lowest BCUT2D eigenvalue weighted by Gasteiger charge is -2.42. The fourth-order valence-corrected chi connectivity index (χ4v) is 3.63. The van der Waals surface area contributed by atoms with Crippen LogP contribution >= 0.6 is 0 Å². The number of rotatable bonds is 3. The van der Waals surface area contributed by atoms with Gasteiger partial charge in [-0.3, -0.25) is 4.79 Å². The summed E-state index contributed by atoms with van der Waals surface area (Å²) in [6, 6.07) is 12.1. The number of anilines is 1. The molecule has 0 aliphatic heterocycles. The van der Waals surface area contributed by atoms with E-state index in [4.69, 9.17) is 5.11 Å². The van der Waals surface area contributed by atoms with Crippen LogP contribution in [0, 0.1) is 0 Å². The molecule has 0 saturated carbocycles. The highest BCUT2D eigenvalue weighted by molar-refractivity contribution is 6.04. The maximum Gasteiger partial charge on any atom is 0.335 e. The van der Waals surface area contributed by atoms with Crippen molar-refractivity contribution in [3.8, 4) is 0 Å². The first-order valence-corrected chi connectivity index (χ1v) is 8.90. The van der Waals surface area contributed by atoms with Crippen LogP contribution < -0.4 is 5.32 Å². The molecule has 3 rings (SSSR count). The second-order valence-corrected chi connectivity index (χ2v) is 8.36. The SMILES string of the molecule is CC1(C)CCC(C)(C)c2cc(NC(=O)c3ccc([11C](=O)O)cc3)ccc21. The van der Waals surface area contributed by atoms with Crippen molar-refractivity contribution in [3.05, 3.63) is 64.7 Å². The van der Waals surface area contributed by atoms with Crippen molar-refractivity contribution in [1.82, 2.24) is 0 Å². The second-order valence-electron chi connectivity index (χ2n) is 8.36. The van der Waals surface area contributed by atoms with E-state index < -0.39 is 5.97 Å². The number of aromatic carboxylic acids is 1. The van der Waals surface area contributed by atoms with Crippen LogP contribution in [-0.2, 0) is 10.8 Å². The zero-order chi connectivity index (χ0) is 19.1. The number of hydrogen-bond acceptors (Lipinski definition) is 2. The number of carboxylic acids is 1. The first kappa shape index (κ1) is 18.2. The summed E-state index contributed by atoms with van der Waals surface area (Å²) in [6.45, 7) is 9.03. The van der Waals surface area contributed by atoms with Gasteiger partial charge in [0.15, 0.2) is 0 Å². The summed E-state index contributed by atoms with van der Waals surface area (Å²) in [6.07, 6.45) is 2.26. The third kappa shape index (κ3) is 3.36. The van der Waals surface area contributed by atoms with Crippen LogP contribution in [0.3, 0.4) is 0 Å². The lowest BCUT2D eigenvalue weighted by Crippen LogP contribution is -2.33. The highest BCUT2D eigenvalue weighted by atomic mass is 16.3. The fourth-order valence-electron chi connectivity index (χ4n) is 3.63. The normalized spacial score (nSPS) is 17.2. The first-order chi connectivity index (χ1) is 12.1. The lowest BCUT2D eigenvalue weighted by molar-refractivity contribution is 0.0696. The van der Waals surface area contributed by atoms with Gasteiger partial charge in [0.25, 0.3) is 5.91 Å². The summed E-state index contributed by atoms with van der Waals surface area (Å²) in [7, 11) is 0. The third-order valence-corrected chi connectivity index (χ3v) is 5.50. The van der Waals surface area contributed by atoms with Crippen LogP contribution in [0.5, 0.6) is 0 Å². The maximum absolute atomic E-state index is 12.5. The fraction of sp³-hybridized carbons (Fsp3) is 0.364. The van der Waals surface area contributed by atoms with Crippen LogP contribution in [0.15, 0.2) is 42.5 Å². The van der Waals surface area contributed by atoms with Crippen LogP contribution in [0.2, 0.25) is 0 Å². The molecule has 0 bridgehead atoms. The zero-order valence-electron chi connectivity index (χ0n) is 15.7. The van der Waals surface area contributed by atoms with Crippen LogP contribution in [0.1, 0.15) is 72.4 Å². The third-order valence-electron chi connectivity index (χ3n) is 5.50. The molecule has 2 aromatic carbocycles. The van der Waals surface area contributed by atoms with Crippen LogP contribution in [-0.4, -0.2) is 17.0 Å². The van der Waals surface area contributed by atoms with Crippen molar-refractivity contribution < 1.29 is 14.7 Å². The van der Waals surface area contributed by atoms with Gasteiger partial charge in [-0.1, -0.05) is 33.8 Å². The molecular formula is C22H25NO3. The molecule has 0 heterocycles. The Hall–Kier alpha value is -2.62. The van der Waals surface area contributed by atoms with E-state index in [1.165, 1.54) is 35.4 Å². The summed E-state index contributed by atoms with van der Waals surface area (Å²) >= 11 is 0. The van der Waals surface area contributed by atoms with Crippen LogP contribution in [0.4, 0.5) is 5.69 Å². The molecule has 1 amide bonds. The Balaban J connectivity index is 1.87. The second kappa shape index (κ2) is 6.27. The monoisotopic (exact) mass is 350 g/mol. The molecule has 2 aromatic rings. The number of carboxylic acid groups (broad SMARTS) is 1. The number of hydrogen-bond donors (Lipinski definition) is 2. The summed E-state index contributed by atoms with van der Waals surface area (Å²) in [5, 5.41) is 11.9. The topological polar surface area (TPSA) is 66.4 Å². The number of carbonyl (C=O) groups is 2. The lowest BCUT2D eigenvalue weighted by atomic mass is 9.63. The molecule has 4 nitrogen and oxygen atoms in total. The molecule has 1 aliphatic carbocycles. The molecule has 0 aromatic heterocycles.